The lowest BCUT2D eigenvalue weighted by atomic mass is 10.00. The molecule has 138 valence electrons. The van der Waals surface area contributed by atoms with Gasteiger partial charge in [-0.1, -0.05) is 0 Å². The standard InChI is InChI=1S/C17H16BrNO7/c1-17(2)25-15(22)10(16(23)26-17)7-19-12-8-4-3-5-24-13(8)9(14(20)21)6-11(12)18/h6-7,19H,3-5H2,1-2H3,(H,20,21). The zero-order chi connectivity index (χ0) is 19.1. The number of ether oxygens (including phenoxy) is 3. The number of carbonyl (C=O) groups excluding carboxylic acids is 2. The van der Waals surface area contributed by atoms with Gasteiger partial charge in [0.2, 0.25) is 0 Å². The van der Waals surface area contributed by atoms with E-state index in [9.17, 15) is 19.5 Å². The molecule has 2 N–H and O–H groups in total. The molecule has 0 spiro atoms. The van der Waals surface area contributed by atoms with Crippen LogP contribution >= 0.6 is 15.9 Å². The van der Waals surface area contributed by atoms with Crippen molar-refractivity contribution in [3.05, 3.63) is 33.4 Å². The minimum absolute atomic E-state index is 0.0445. The first kappa shape index (κ1) is 18.2. The summed E-state index contributed by atoms with van der Waals surface area (Å²) in [5, 5.41) is 12.2. The molecule has 0 amide bonds. The topological polar surface area (TPSA) is 111 Å². The summed E-state index contributed by atoms with van der Waals surface area (Å²) in [6.45, 7) is 3.34. The summed E-state index contributed by atoms with van der Waals surface area (Å²) >= 11 is 3.32. The van der Waals surface area contributed by atoms with Gasteiger partial charge < -0.3 is 24.6 Å². The number of fused-ring (bicyclic) bond motifs is 1. The SMILES string of the molecule is CC1(C)OC(=O)C(=CNc2c(Br)cc(C(=O)O)c3c2CCCO3)C(=O)O1. The quantitative estimate of drug-likeness (QED) is 0.431. The van der Waals surface area contributed by atoms with Gasteiger partial charge in [0.15, 0.2) is 5.57 Å². The molecule has 3 rings (SSSR count). The minimum Gasteiger partial charge on any atom is -0.492 e. The average Bonchev–Trinajstić information content (AvgIpc) is 2.54. The van der Waals surface area contributed by atoms with Gasteiger partial charge in [-0.05, 0) is 34.8 Å². The van der Waals surface area contributed by atoms with Crippen molar-refractivity contribution in [3.63, 3.8) is 0 Å². The normalized spacial score (nSPS) is 18.2. The molecule has 1 saturated heterocycles. The number of hydrogen-bond acceptors (Lipinski definition) is 7. The molecule has 0 radical (unpaired) electrons. The lowest BCUT2D eigenvalue weighted by molar-refractivity contribution is -0.222. The zero-order valence-corrected chi connectivity index (χ0v) is 15.6. The molecule has 1 aromatic rings. The lowest BCUT2D eigenvalue weighted by Crippen LogP contribution is -2.42. The van der Waals surface area contributed by atoms with E-state index in [2.05, 4.69) is 21.2 Å². The van der Waals surface area contributed by atoms with Crippen LogP contribution < -0.4 is 10.1 Å². The maximum atomic E-state index is 12.0. The number of carboxylic acid groups (broad SMARTS) is 1. The molecule has 0 aromatic heterocycles. The summed E-state index contributed by atoms with van der Waals surface area (Å²) in [6.07, 6.45) is 2.49. The first-order valence-corrected chi connectivity index (χ1v) is 8.64. The number of nitrogens with one attached hydrogen (secondary N) is 1. The molecular formula is C17H16BrNO7. The zero-order valence-electron chi connectivity index (χ0n) is 14.1. The maximum Gasteiger partial charge on any atom is 0.350 e. The molecule has 0 atom stereocenters. The Morgan fingerprint density at radius 2 is 1.96 bits per heavy atom. The molecule has 2 aliphatic rings. The number of halogens is 1. The van der Waals surface area contributed by atoms with Crippen molar-refractivity contribution in [1.29, 1.82) is 0 Å². The van der Waals surface area contributed by atoms with Gasteiger partial charge in [0, 0.05) is 30.1 Å². The van der Waals surface area contributed by atoms with E-state index in [1.807, 2.05) is 0 Å². The van der Waals surface area contributed by atoms with Crippen LogP contribution in [0, 0.1) is 0 Å². The van der Waals surface area contributed by atoms with Crippen molar-refractivity contribution in [2.24, 2.45) is 0 Å². The Balaban J connectivity index is 1.97. The smallest absolute Gasteiger partial charge is 0.350 e. The van der Waals surface area contributed by atoms with Crippen LogP contribution in [0.1, 0.15) is 36.2 Å². The number of aromatic carboxylic acids is 1. The second-order valence-corrected chi connectivity index (χ2v) is 7.08. The summed E-state index contributed by atoms with van der Waals surface area (Å²) in [4.78, 5) is 35.5. The fourth-order valence-electron chi connectivity index (χ4n) is 2.75. The van der Waals surface area contributed by atoms with E-state index in [0.717, 1.165) is 0 Å². The highest BCUT2D eigenvalue weighted by atomic mass is 79.9. The van der Waals surface area contributed by atoms with Gasteiger partial charge in [0.05, 0.1) is 12.3 Å². The van der Waals surface area contributed by atoms with Crippen molar-refractivity contribution in [1.82, 2.24) is 0 Å². The van der Waals surface area contributed by atoms with Gasteiger partial charge in [-0.2, -0.15) is 0 Å². The maximum absolute atomic E-state index is 12.0. The van der Waals surface area contributed by atoms with Crippen LogP contribution in [0.3, 0.4) is 0 Å². The second-order valence-electron chi connectivity index (χ2n) is 6.23. The van der Waals surface area contributed by atoms with E-state index in [0.29, 0.717) is 35.2 Å². The molecular weight excluding hydrogens is 410 g/mol. The number of esters is 2. The third-order valence-electron chi connectivity index (χ3n) is 3.86. The van der Waals surface area contributed by atoms with Crippen LogP contribution in [0.2, 0.25) is 0 Å². The Morgan fingerprint density at radius 3 is 2.58 bits per heavy atom. The van der Waals surface area contributed by atoms with Crippen LogP contribution in [0.15, 0.2) is 22.3 Å². The van der Waals surface area contributed by atoms with E-state index >= 15 is 0 Å². The molecule has 8 nitrogen and oxygen atoms in total. The van der Waals surface area contributed by atoms with Crippen LogP contribution in [-0.4, -0.2) is 35.4 Å². The summed E-state index contributed by atoms with van der Waals surface area (Å²) in [5.74, 6) is -3.75. The molecule has 2 aliphatic heterocycles. The Morgan fingerprint density at radius 1 is 1.31 bits per heavy atom. The molecule has 0 bridgehead atoms. The third kappa shape index (κ3) is 3.39. The average molecular weight is 426 g/mol. The van der Waals surface area contributed by atoms with Gasteiger partial charge >= 0.3 is 17.9 Å². The highest BCUT2D eigenvalue weighted by Gasteiger charge is 2.39. The Labute approximate surface area is 157 Å². The number of anilines is 1. The number of hydrogen-bond donors (Lipinski definition) is 2. The van der Waals surface area contributed by atoms with Crippen molar-refractivity contribution in [3.8, 4) is 5.75 Å². The number of cyclic esters (lactones) is 2. The lowest BCUT2D eigenvalue weighted by Gasteiger charge is -2.30. The number of carboxylic acids is 1. The number of rotatable bonds is 3. The van der Waals surface area contributed by atoms with Crippen LogP contribution in [0.4, 0.5) is 5.69 Å². The second kappa shape index (κ2) is 6.64. The molecule has 1 aromatic carbocycles. The van der Waals surface area contributed by atoms with Crippen molar-refractivity contribution in [2.45, 2.75) is 32.5 Å². The largest absolute Gasteiger partial charge is 0.492 e. The Bertz CT molecular complexity index is 822. The highest BCUT2D eigenvalue weighted by molar-refractivity contribution is 9.10. The predicted molar refractivity (Wildman–Crippen MR) is 92.9 cm³/mol. The Hall–Kier alpha value is -2.55. The molecule has 1 fully saturated rings. The first-order chi connectivity index (χ1) is 12.2. The summed E-state index contributed by atoms with van der Waals surface area (Å²) in [7, 11) is 0. The van der Waals surface area contributed by atoms with E-state index in [4.69, 9.17) is 14.2 Å². The number of benzene rings is 1. The molecule has 0 saturated carbocycles. The molecule has 0 unspecified atom stereocenters. The first-order valence-electron chi connectivity index (χ1n) is 7.84. The van der Waals surface area contributed by atoms with Crippen molar-refractivity contribution in [2.75, 3.05) is 11.9 Å². The van der Waals surface area contributed by atoms with Gasteiger partial charge in [-0.3, -0.25) is 0 Å². The van der Waals surface area contributed by atoms with E-state index in [1.54, 1.807) is 0 Å². The van der Waals surface area contributed by atoms with Crippen LogP contribution in [0.5, 0.6) is 5.75 Å². The van der Waals surface area contributed by atoms with Gasteiger partial charge in [-0.15, -0.1) is 0 Å². The summed E-state index contributed by atoms with van der Waals surface area (Å²) in [5.41, 5.74) is 0.924. The minimum atomic E-state index is -1.32. The van der Waals surface area contributed by atoms with E-state index < -0.39 is 23.7 Å². The molecule has 9 heteroatoms. The third-order valence-corrected chi connectivity index (χ3v) is 4.48. The highest BCUT2D eigenvalue weighted by Crippen LogP contribution is 2.40. The van der Waals surface area contributed by atoms with E-state index in [-0.39, 0.29) is 16.9 Å². The summed E-state index contributed by atoms with van der Waals surface area (Å²) < 4.78 is 16.1. The Kier molecular flexibility index (Phi) is 4.66. The predicted octanol–water partition coefficient (Wildman–Crippen LogP) is 2.60. The van der Waals surface area contributed by atoms with Gasteiger partial charge in [-0.25, -0.2) is 14.4 Å². The molecule has 26 heavy (non-hydrogen) atoms. The number of carbonyl (C=O) groups is 3. The van der Waals surface area contributed by atoms with Crippen molar-refractivity contribution >= 4 is 39.5 Å². The van der Waals surface area contributed by atoms with Gasteiger partial charge in [0.25, 0.3) is 5.79 Å². The monoisotopic (exact) mass is 425 g/mol. The molecule has 0 aliphatic carbocycles. The fraction of sp³-hybridized carbons (Fsp3) is 0.353. The van der Waals surface area contributed by atoms with Crippen LogP contribution in [-0.2, 0) is 25.5 Å². The summed E-state index contributed by atoms with van der Waals surface area (Å²) in [6, 6.07) is 1.41. The molecule has 2 heterocycles. The van der Waals surface area contributed by atoms with Gasteiger partial charge in [0.1, 0.15) is 11.3 Å². The fourth-order valence-corrected chi connectivity index (χ4v) is 3.33. The van der Waals surface area contributed by atoms with Crippen molar-refractivity contribution < 1.29 is 33.7 Å². The van der Waals surface area contributed by atoms with Crippen LogP contribution in [0.25, 0.3) is 0 Å². The van der Waals surface area contributed by atoms with E-state index in [1.165, 1.54) is 26.1 Å².